The number of halogens is 4. The highest BCUT2D eigenvalue weighted by Gasteiger charge is 2.33. The number of nitro benzene ring substituents is 1. The number of nitro groups is 1. The number of benzene rings is 2. The predicted octanol–water partition coefficient (Wildman–Crippen LogP) is 4.02. The quantitative estimate of drug-likeness (QED) is 0.240. The van der Waals surface area contributed by atoms with Crippen LogP contribution in [0.4, 0.5) is 18.9 Å². The summed E-state index contributed by atoms with van der Waals surface area (Å²) in [6, 6.07) is 5.03. The molecule has 0 aliphatic carbocycles. The van der Waals surface area contributed by atoms with E-state index in [9.17, 15) is 33.2 Å². The Kier molecular flexibility index (Phi) is 7.59. The number of hydrogen-bond acceptors (Lipinski definition) is 6. The van der Waals surface area contributed by atoms with Crippen molar-refractivity contribution in [1.82, 2.24) is 5.43 Å². The largest absolute Gasteiger partial charge is 0.504 e. The lowest BCUT2D eigenvalue weighted by atomic mass is 10.1. The highest BCUT2D eigenvalue weighted by molar-refractivity contribution is 14.1. The molecule has 1 amide bonds. The van der Waals surface area contributed by atoms with Crippen LogP contribution in [0.2, 0.25) is 0 Å². The molecule has 0 saturated carbocycles. The van der Waals surface area contributed by atoms with Gasteiger partial charge in [-0.1, -0.05) is 6.07 Å². The van der Waals surface area contributed by atoms with Crippen LogP contribution < -0.4 is 10.2 Å². The van der Waals surface area contributed by atoms with Crippen molar-refractivity contribution in [3.8, 4) is 11.5 Å². The summed E-state index contributed by atoms with van der Waals surface area (Å²) in [5.74, 6) is -0.557. The fraction of sp³-hybridized carbons (Fsp3) is 0.222. The summed E-state index contributed by atoms with van der Waals surface area (Å²) in [4.78, 5) is 22.1. The van der Waals surface area contributed by atoms with Crippen LogP contribution >= 0.6 is 22.6 Å². The molecular weight excluding hydrogens is 522 g/mol. The molecule has 0 heterocycles. The molecule has 0 aliphatic heterocycles. The summed E-state index contributed by atoms with van der Waals surface area (Å²) < 4.78 is 44.0. The number of aromatic hydroxyl groups is 1. The number of carbonyl (C=O) groups is 1. The van der Waals surface area contributed by atoms with E-state index in [1.807, 2.05) is 22.6 Å². The molecule has 2 aromatic carbocycles. The molecule has 8 nitrogen and oxygen atoms in total. The van der Waals surface area contributed by atoms with Gasteiger partial charge in [-0.2, -0.15) is 18.3 Å². The van der Waals surface area contributed by atoms with Crippen molar-refractivity contribution in [3.63, 3.8) is 0 Å². The van der Waals surface area contributed by atoms with E-state index < -0.39 is 34.7 Å². The van der Waals surface area contributed by atoms with Gasteiger partial charge in [0.2, 0.25) is 5.91 Å². The monoisotopic (exact) mass is 537 g/mol. The van der Waals surface area contributed by atoms with E-state index in [2.05, 4.69) is 10.5 Å². The second-order valence-corrected chi connectivity index (χ2v) is 7.01. The number of phenols is 1. The van der Waals surface area contributed by atoms with E-state index in [0.717, 1.165) is 6.07 Å². The topological polar surface area (TPSA) is 114 Å². The fourth-order valence-corrected chi connectivity index (χ4v) is 3.01. The molecule has 0 aliphatic rings. The van der Waals surface area contributed by atoms with Crippen molar-refractivity contribution < 1.29 is 32.7 Å². The first kappa shape index (κ1) is 23.4. The number of hydrazone groups is 1. The first-order chi connectivity index (χ1) is 14.0. The molecule has 0 aromatic heterocycles. The van der Waals surface area contributed by atoms with Crippen LogP contribution in [0.1, 0.15) is 23.6 Å². The average Bonchev–Trinajstić information content (AvgIpc) is 2.65. The zero-order chi connectivity index (χ0) is 22.5. The first-order valence-electron chi connectivity index (χ1n) is 8.34. The molecule has 2 N–H and O–H groups in total. The zero-order valence-electron chi connectivity index (χ0n) is 15.4. The molecule has 2 aromatic rings. The maximum Gasteiger partial charge on any atom is 0.416 e. The van der Waals surface area contributed by atoms with E-state index in [4.69, 9.17) is 4.74 Å². The molecule has 0 bridgehead atoms. The lowest BCUT2D eigenvalue weighted by Crippen LogP contribution is -2.20. The third kappa shape index (κ3) is 6.05. The van der Waals surface area contributed by atoms with Gasteiger partial charge in [0.25, 0.3) is 5.69 Å². The standard InChI is InChI=1S/C18H15F3IN3O5/c1-2-30-15-6-10(5-13(22)17(15)27)9-23-24-16(26)7-11-3-4-12(18(19,20)21)8-14(11)25(28)29/h3-6,8-9,27H,2,7H2,1H3,(H,24,26)/b23-9-. The van der Waals surface area contributed by atoms with Gasteiger partial charge < -0.3 is 9.84 Å². The Morgan fingerprint density at radius 1 is 1.37 bits per heavy atom. The maximum atomic E-state index is 12.7. The summed E-state index contributed by atoms with van der Waals surface area (Å²) in [5, 5.41) is 24.7. The number of hydrogen-bond donors (Lipinski definition) is 2. The molecule has 0 spiro atoms. The van der Waals surface area contributed by atoms with Crippen molar-refractivity contribution in [2.45, 2.75) is 19.5 Å². The van der Waals surface area contributed by atoms with E-state index in [1.165, 1.54) is 12.3 Å². The second-order valence-electron chi connectivity index (χ2n) is 5.85. The minimum absolute atomic E-state index is 0.0340. The van der Waals surface area contributed by atoms with Crippen LogP contribution in [0, 0.1) is 13.7 Å². The Balaban J connectivity index is 2.12. The highest BCUT2D eigenvalue weighted by atomic mass is 127. The predicted molar refractivity (Wildman–Crippen MR) is 110 cm³/mol. The molecule has 2 rings (SSSR count). The van der Waals surface area contributed by atoms with E-state index >= 15 is 0 Å². The summed E-state index contributed by atoms with van der Waals surface area (Å²) in [7, 11) is 0. The minimum atomic E-state index is -4.74. The Morgan fingerprint density at radius 3 is 2.67 bits per heavy atom. The van der Waals surface area contributed by atoms with Gasteiger partial charge in [-0.15, -0.1) is 0 Å². The lowest BCUT2D eigenvalue weighted by molar-refractivity contribution is -0.385. The van der Waals surface area contributed by atoms with Crippen LogP contribution in [-0.4, -0.2) is 28.8 Å². The van der Waals surface area contributed by atoms with Crippen LogP contribution in [0.3, 0.4) is 0 Å². The third-order valence-corrected chi connectivity index (χ3v) is 4.54. The van der Waals surface area contributed by atoms with Gasteiger partial charge in [0.15, 0.2) is 11.5 Å². The second kappa shape index (κ2) is 9.73. The molecule has 160 valence electrons. The summed E-state index contributed by atoms with van der Waals surface area (Å²) in [5.41, 5.74) is 0.491. The number of ether oxygens (including phenoxy) is 1. The van der Waals surface area contributed by atoms with Crippen molar-refractivity contribution in [2.75, 3.05) is 6.61 Å². The fourth-order valence-electron chi connectivity index (χ4n) is 2.38. The van der Waals surface area contributed by atoms with Crippen molar-refractivity contribution in [2.24, 2.45) is 5.10 Å². The Labute approximate surface area is 182 Å². The molecule has 0 atom stereocenters. The van der Waals surface area contributed by atoms with Gasteiger partial charge in [-0.25, -0.2) is 5.43 Å². The number of amides is 1. The van der Waals surface area contributed by atoms with Crippen molar-refractivity contribution in [3.05, 3.63) is 60.7 Å². The summed E-state index contributed by atoms with van der Waals surface area (Å²) in [6.07, 6.45) is -4.01. The van der Waals surface area contributed by atoms with E-state index in [-0.39, 0.29) is 17.1 Å². The van der Waals surface area contributed by atoms with Crippen LogP contribution in [0.25, 0.3) is 0 Å². The van der Waals surface area contributed by atoms with E-state index in [0.29, 0.717) is 27.9 Å². The van der Waals surface area contributed by atoms with Crippen molar-refractivity contribution in [1.29, 1.82) is 0 Å². The maximum absolute atomic E-state index is 12.7. The smallest absolute Gasteiger partial charge is 0.416 e. The molecule has 0 radical (unpaired) electrons. The van der Waals surface area contributed by atoms with Gasteiger partial charge in [0.1, 0.15) is 0 Å². The molecule has 12 heteroatoms. The number of carbonyl (C=O) groups excluding carboxylic acids is 1. The Hall–Kier alpha value is -2.90. The minimum Gasteiger partial charge on any atom is -0.504 e. The summed E-state index contributed by atoms with van der Waals surface area (Å²) in [6.45, 7) is 2.07. The summed E-state index contributed by atoms with van der Waals surface area (Å²) >= 11 is 1.89. The molecule has 0 saturated heterocycles. The zero-order valence-corrected chi connectivity index (χ0v) is 17.5. The Morgan fingerprint density at radius 2 is 2.07 bits per heavy atom. The van der Waals surface area contributed by atoms with E-state index in [1.54, 1.807) is 13.0 Å². The number of nitrogens with one attached hydrogen (secondary N) is 1. The molecule has 0 fully saturated rings. The van der Waals surface area contributed by atoms with Gasteiger partial charge >= 0.3 is 6.18 Å². The third-order valence-electron chi connectivity index (χ3n) is 3.71. The molecular formula is C18H15F3IN3O5. The average molecular weight is 537 g/mol. The molecule has 0 unspecified atom stereocenters. The molecule has 30 heavy (non-hydrogen) atoms. The normalized spacial score (nSPS) is 11.5. The van der Waals surface area contributed by atoms with Crippen LogP contribution in [-0.2, 0) is 17.4 Å². The van der Waals surface area contributed by atoms with Crippen molar-refractivity contribution >= 4 is 40.4 Å². The van der Waals surface area contributed by atoms with Gasteiger partial charge in [0.05, 0.1) is 33.3 Å². The van der Waals surface area contributed by atoms with Gasteiger partial charge in [0, 0.05) is 11.6 Å². The van der Waals surface area contributed by atoms with Gasteiger partial charge in [-0.05, 0) is 53.3 Å². The van der Waals surface area contributed by atoms with Crippen LogP contribution in [0.5, 0.6) is 11.5 Å². The number of rotatable bonds is 7. The SMILES string of the molecule is CCOc1cc(/C=N\NC(=O)Cc2ccc(C(F)(F)F)cc2[N+](=O)[O-])cc(I)c1O. The lowest BCUT2D eigenvalue weighted by Gasteiger charge is -2.09. The number of phenolic OH excluding ortho intramolecular Hbond substituents is 1. The first-order valence-corrected chi connectivity index (χ1v) is 9.42. The number of nitrogens with zero attached hydrogens (tertiary/aromatic N) is 2. The van der Waals surface area contributed by atoms with Gasteiger partial charge in [-0.3, -0.25) is 14.9 Å². The highest BCUT2D eigenvalue weighted by Crippen LogP contribution is 2.33. The Bertz CT molecular complexity index is 996. The number of alkyl halides is 3. The van der Waals surface area contributed by atoms with Crippen LogP contribution in [0.15, 0.2) is 35.4 Å².